The molecular formula is C19H19ClN4O. The number of methoxy groups -OCH3 is 1. The van der Waals surface area contributed by atoms with Gasteiger partial charge in [0, 0.05) is 36.0 Å². The van der Waals surface area contributed by atoms with Crippen molar-refractivity contribution in [1.29, 1.82) is 0 Å². The van der Waals surface area contributed by atoms with Gasteiger partial charge in [-0.25, -0.2) is 9.97 Å². The number of aromatic nitrogens is 2. The van der Waals surface area contributed by atoms with Gasteiger partial charge in [-0.2, -0.15) is 0 Å². The summed E-state index contributed by atoms with van der Waals surface area (Å²) in [5.41, 5.74) is 1.86. The van der Waals surface area contributed by atoms with Gasteiger partial charge in [0.05, 0.1) is 6.61 Å². The van der Waals surface area contributed by atoms with E-state index >= 15 is 0 Å². The molecule has 0 amide bonds. The first kappa shape index (κ1) is 17.2. The summed E-state index contributed by atoms with van der Waals surface area (Å²) < 4.78 is 5.08. The summed E-state index contributed by atoms with van der Waals surface area (Å²) in [7, 11) is 1.67. The Morgan fingerprint density at radius 2 is 1.68 bits per heavy atom. The molecule has 0 bridgehead atoms. The monoisotopic (exact) mass is 354 g/mol. The number of benzene rings is 2. The van der Waals surface area contributed by atoms with E-state index < -0.39 is 0 Å². The SMILES string of the molecule is COCCNc1cc(Nc2ccc(Cl)cc2)nc(-c2ccccc2)n1. The van der Waals surface area contributed by atoms with Crippen molar-refractivity contribution in [3.05, 3.63) is 65.7 Å². The second-order valence-electron chi connectivity index (χ2n) is 5.38. The van der Waals surface area contributed by atoms with Crippen LogP contribution in [0.3, 0.4) is 0 Å². The van der Waals surface area contributed by atoms with Crippen molar-refractivity contribution in [3.8, 4) is 11.4 Å². The van der Waals surface area contributed by atoms with Crippen LogP contribution in [-0.2, 0) is 4.74 Å². The van der Waals surface area contributed by atoms with Crippen molar-refractivity contribution in [3.63, 3.8) is 0 Å². The van der Waals surface area contributed by atoms with Gasteiger partial charge in [0.1, 0.15) is 11.6 Å². The summed E-state index contributed by atoms with van der Waals surface area (Å²) in [4.78, 5) is 9.22. The maximum atomic E-state index is 5.94. The average molecular weight is 355 g/mol. The molecule has 0 aliphatic rings. The molecule has 0 spiro atoms. The maximum Gasteiger partial charge on any atom is 0.163 e. The summed E-state index contributed by atoms with van der Waals surface area (Å²) in [5, 5.41) is 7.24. The molecule has 2 N–H and O–H groups in total. The molecule has 3 aromatic rings. The van der Waals surface area contributed by atoms with Gasteiger partial charge < -0.3 is 15.4 Å². The van der Waals surface area contributed by atoms with Crippen LogP contribution in [0, 0.1) is 0 Å². The van der Waals surface area contributed by atoms with Crippen LogP contribution in [-0.4, -0.2) is 30.2 Å². The van der Waals surface area contributed by atoms with E-state index in [-0.39, 0.29) is 0 Å². The van der Waals surface area contributed by atoms with Gasteiger partial charge in [0.25, 0.3) is 0 Å². The molecule has 0 atom stereocenters. The van der Waals surface area contributed by atoms with E-state index in [9.17, 15) is 0 Å². The molecule has 0 aliphatic carbocycles. The number of rotatable bonds is 7. The molecule has 6 heteroatoms. The van der Waals surface area contributed by atoms with E-state index in [1.165, 1.54) is 0 Å². The molecule has 5 nitrogen and oxygen atoms in total. The molecule has 3 rings (SSSR count). The molecule has 1 heterocycles. The van der Waals surface area contributed by atoms with Crippen LogP contribution in [0.4, 0.5) is 17.3 Å². The number of halogens is 1. The van der Waals surface area contributed by atoms with Crippen molar-refractivity contribution >= 4 is 28.9 Å². The largest absolute Gasteiger partial charge is 0.383 e. The lowest BCUT2D eigenvalue weighted by Gasteiger charge is -2.11. The van der Waals surface area contributed by atoms with Crippen molar-refractivity contribution in [2.24, 2.45) is 0 Å². The Morgan fingerprint density at radius 1 is 0.960 bits per heavy atom. The third kappa shape index (κ3) is 4.92. The fraction of sp³-hybridized carbons (Fsp3) is 0.158. The number of hydrogen-bond donors (Lipinski definition) is 2. The fourth-order valence-corrected chi connectivity index (χ4v) is 2.41. The quantitative estimate of drug-likeness (QED) is 0.607. The van der Waals surface area contributed by atoms with Gasteiger partial charge in [-0.1, -0.05) is 41.9 Å². The molecule has 25 heavy (non-hydrogen) atoms. The molecule has 1 aromatic heterocycles. The van der Waals surface area contributed by atoms with E-state index in [2.05, 4.69) is 20.6 Å². The minimum absolute atomic E-state index is 0.602. The summed E-state index contributed by atoms with van der Waals surface area (Å²) in [5.74, 6) is 2.10. The minimum atomic E-state index is 0.602. The fourth-order valence-electron chi connectivity index (χ4n) is 2.28. The number of nitrogens with one attached hydrogen (secondary N) is 2. The van der Waals surface area contributed by atoms with Crippen molar-refractivity contribution in [1.82, 2.24) is 9.97 Å². The molecule has 128 valence electrons. The standard InChI is InChI=1S/C19H19ClN4O/c1-25-12-11-21-17-13-18(22-16-9-7-15(20)8-10-16)24-19(23-17)14-5-3-2-4-6-14/h2-10,13H,11-12H2,1H3,(H2,21,22,23,24). The van der Waals surface area contributed by atoms with Gasteiger partial charge in [-0.15, -0.1) is 0 Å². The Labute approximate surface area is 152 Å². The smallest absolute Gasteiger partial charge is 0.163 e. The lowest BCUT2D eigenvalue weighted by Crippen LogP contribution is -2.10. The van der Waals surface area contributed by atoms with E-state index in [4.69, 9.17) is 16.3 Å². The van der Waals surface area contributed by atoms with Crippen LogP contribution in [0.1, 0.15) is 0 Å². The van der Waals surface area contributed by atoms with Crippen molar-refractivity contribution in [2.75, 3.05) is 30.9 Å². The van der Waals surface area contributed by atoms with Gasteiger partial charge in [0.2, 0.25) is 0 Å². The summed E-state index contributed by atoms with van der Waals surface area (Å²) in [6.07, 6.45) is 0. The van der Waals surface area contributed by atoms with Gasteiger partial charge >= 0.3 is 0 Å². The topological polar surface area (TPSA) is 59.1 Å². The summed E-state index contributed by atoms with van der Waals surface area (Å²) in [6, 6.07) is 19.2. The first-order chi connectivity index (χ1) is 12.2. The second-order valence-corrected chi connectivity index (χ2v) is 5.82. The summed E-state index contributed by atoms with van der Waals surface area (Å²) in [6.45, 7) is 1.27. The van der Waals surface area contributed by atoms with E-state index in [1.807, 2.05) is 60.7 Å². The third-order valence-corrected chi connectivity index (χ3v) is 3.74. The molecule has 0 radical (unpaired) electrons. The molecule has 0 saturated carbocycles. The Kier molecular flexibility index (Phi) is 5.82. The Morgan fingerprint density at radius 3 is 2.40 bits per heavy atom. The zero-order valence-corrected chi connectivity index (χ0v) is 14.6. The minimum Gasteiger partial charge on any atom is -0.383 e. The Hall–Kier alpha value is -2.63. The Balaban J connectivity index is 1.89. The predicted octanol–water partition coefficient (Wildman–Crippen LogP) is 4.60. The van der Waals surface area contributed by atoms with Gasteiger partial charge in [0.15, 0.2) is 5.82 Å². The number of ether oxygens (including phenoxy) is 1. The average Bonchev–Trinajstić information content (AvgIpc) is 2.64. The highest BCUT2D eigenvalue weighted by atomic mass is 35.5. The van der Waals surface area contributed by atoms with Crippen LogP contribution >= 0.6 is 11.6 Å². The van der Waals surface area contributed by atoms with E-state index in [0.717, 1.165) is 17.1 Å². The molecule has 0 aliphatic heterocycles. The predicted molar refractivity (Wildman–Crippen MR) is 103 cm³/mol. The number of hydrogen-bond acceptors (Lipinski definition) is 5. The van der Waals surface area contributed by atoms with Gasteiger partial charge in [-0.05, 0) is 24.3 Å². The Bertz CT molecular complexity index is 809. The molecule has 0 fully saturated rings. The third-order valence-electron chi connectivity index (χ3n) is 3.49. The van der Waals surface area contributed by atoms with Crippen LogP contribution in [0.2, 0.25) is 5.02 Å². The first-order valence-electron chi connectivity index (χ1n) is 7.94. The molecule has 0 saturated heterocycles. The van der Waals surface area contributed by atoms with E-state index in [0.29, 0.717) is 29.8 Å². The molecule has 0 unspecified atom stereocenters. The maximum absolute atomic E-state index is 5.94. The highest BCUT2D eigenvalue weighted by Gasteiger charge is 2.07. The molecule has 2 aromatic carbocycles. The van der Waals surface area contributed by atoms with Crippen LogP contribution < -0.4 is 10.6 Å². The van der Waals surface area contributed by atoms with Crippen molar-refractivity contribution < 1.29 is 4.74 Å². The molecular weight excluding hydrogens is 336 g/mol. The zero-order valence-electron chi connectivity index (χ0n) is 13.9. The normalized spacial score (nSPS) is 10.5. The van der Waals surface area contributed by atoms with Crippen LogP contribution in [0.25, 0.3) is 11.4 Å². The highest BCUT2D eigenvalue weighted by molar-refractivity contribution is 6.30. The van der Waals surface area contributed by atoms with Crippen molar-refractivity contribution in [2.45, 2.75) is 0 Å². The first-order valence-corrected chi connectivity index (χ1v) is 8.32. The zero-order chi connectivity index (χ0) is 17.5. The lowest BCUT2D eigenvalue weighted by atomic mass is 10.2. The van der Waals surface area contributed by atoms with E-state index in [1.54, 1.807) is 7.11 Å². The summed E-state index contributed by atoms with van der Waals surface area (Å²) >= 11 is 5.94. The highest BCUT2D eigenvalue weighted by Crippen LogP contribution is 2.23. The number of anilines is 3. The van der Waals surface area contributed by atoms with Crippen LogP contribution in [0.15, 0.2) is 60.7 Å². The lowest BCUT2D eigenvalue weighted by molar-refractivity contribution is 0.210. The van der Waals surface area contributed by atoms with Gasteiger partial charge in [-0.3, -0.25) is 0 Å². The number of nitrogens with zero attached hydrogens (tertiary/aromatic N) is 2. The van der Waals surface area contributed by atoms with Crippen LogP contribution in [0.5, 0.6) is 0 Å². The second kappa shape index (κ2) is 8.46.